The van der Waals surface area contributed by atoms with Gasteiger partial charge in [0, 0.05) is 31.6 Å². The number of rotatable bonds is 5. The Hall–Kier alpha value is -1.46. The molecule has 4 nitrogen and oxygen atoms in total. The number of likely N-dealkylation sites (tertiary alicyclic amines) is 1. The van der Waals surface area contributed by atoms with Gasteiger partial charge in [0.05, 0.1) is 0 Å². The third-order valence-corrected chi connectivity index (χ3v) is 6.29. The van der Waals surface area contributed by atoms with Crippen LogP contribution < -0.4 is 10.6 Å². The largest absolute Gasteiger partial charge is 0.352 e. The van der Waals surface area contributed by atoms with Crippen molar-refractivity contribution in [3.63, 3.8) is 0 Å². The van der Waals surface area contributed by atoms with Crippen LogP contribution >= 0.6 is 0 Å². The number of fused-ring (bicyclic) bond motifs is 2. The van der Waals surface area contributed by atoms with Gasteiger partial charge in [0.25, 0.3) is 0 Å². The molecule has 1 aromatic carbocycles. The second kappa shape index (κ2) is 7.42. The van der Waals surface area contributed by atoms with Crippen LogP contribution in [-0.2, 0) is 11.2 Å². The van der Waals surface area contributed by atoms with E-state index in [0.717, 1.165) is 45.6 Å². The maximum atomic E-state index is 13.0. The molecular formula is C20H28FN3O. The molecule has 1 saturated carbocycles. The van der Waals surface area contributed by atoms with Crippen LogP contribution in [0.15, 0.2) is 24.3 Å². The number of carbonyl (C=O) groups excluding carboxylic acids is 1. The highest BCUT2D eigenvalue weighted by Gasteiger charge is 2.43. The van der Waals surface area contributed by atoms with Crippen LogP contribution in [0.25, 0.3) is 0 Å². The van der Waals surface area contributed by atoms with Crippen LogP contribution in [0.5, 0.6) is 0 Å². The first-order chi connectivity index (χ1) is 12.2. The topological polar surface area (TPSA) is 44.4 Å². The van der Waals surface area contributed by atoms with Crippen molar-refractivity contribution < 1.29 is 9.18 Å². The minimum Gasteiger partial charge on any atom is -0.352 e. The van der Waals surface area contributed by atoms with Gasteiger partial charge in [-0.25, -0.2) is 4.39 Å². The highest BCUT2D eigenvalue weighted by Crippen LogP contribution is 2.39. The SMILES string of the molecule is O=C(NC1CCN(CCc2ccc(F)cc2)C1)C1C2CC[C@@H]1CNC2. The predicted octanol–water partition coefficient (Wildman–Crippen LogP) is 1.80. The molecule has 2 N–H and O–H groups in total. The molecule has 0 aromatic heterocycles. The van der Waals surface area contributed by atoms with Crippen molar-refractivity contribution in [3.8, 4) is 0 Å². The number of carbonyl (C=O) groups is 1. The molecule has 1 aromatic rings. The Kier molecular flexibility index (Phi) is 5.04. The molecule has 1 aliphatic carbocycles. The summed E-state index contributed by atoms with van der Waals surface area (Å²) >= 11 is 0. The van der Waals surface area contributed by atoms with E-state index in [1.165, 1.54) is 30.5 Å². The first-order valence-corrected chi connectivity index (χ1v) is 9.67. The summed E-state index contributed by atoms with van der Waals surface area (Å²) in [5.74, 6) is 1.41. The van der Waals surface area contributed by atoms with Crippen molar-refractivity contribution in [2.24, 2.45) is 17.8 Å². The molecule has 2 aliphatic heterocycles. The molecule has 2 bridgehead atoms. The van der Waals surface area contributed by atoms with Crippen molar-refractivity contribution in [2.45, 2.75) is 31.7 Å². The Bertz CT molecular complexity index is 589. The minimum absolute atomic E-state index is 0.181. The number of amides is 1. The minimum atomic E-state index is -0.181. The molecule has 1 amide bonds. The molecule has 0 spiro atoms. The van der Waals surface area contributed by atoms with Gasteiger partial charge in [0.15, 0.2) is 0 Å². The van der Waals surface area contributed by atoms with Gasteiger partial charge in [-0.3, -0.25) is 4.79 Å². The summed E-state index contributed by atoms with van der Waals surface area (Å²) in [7, 11) is 0. The van der Waals surface area contributed by atoms with Gasteiger partial charge in [0.1, 0.15) is 5.82 Å². The number of halogens is 1. The van der Waals surface area contributed by atoms with Crippen molar-refractivity contribution in [1.82, 2.24) is 15.5 Å². The molecular weight excluding hydrogens is 317 g/mol. The van der Waals surface area contributed by atoms with E-state index in [2.05, 4.69) is 15.5 Å². The lowest BCUT2D eigenvalue weighted by atomic mass is 9.85. The molecule has 2 heterocycles. The molecule has 25 heavy (non-hydrogen) atoms. The molecule has 136 valence electrons. The summed E-state index contributed by atoms with van der Waals surface area (Å²) in [5.41, 5.74) is 1.17. The Balaban J connectivity index is 1.24. The van der Waals surface area contributed by atoms with Gasteiger partial charge < -0.3 is 15.5 Å². The fraction of sp³-hybridized carbons (Fsp3) is 0.650. The average Bonchev–Trinajstić information content (AvgIpc) is 3.16. The van der Waals surface area contributed by atoms with Gasteiger partial charge in [0.2, 0.25) is 5.91 Å². The van der Waals surface area contributed by atoms with Crippen molar-refractivity contribution in [3.05, 3.63) is 35.6 Å². The van der Waals surface area contributed by atoms with E-state index in [4.69, 9.17) is 0 Å². The second-order valence-corrected chi connectivity index (χ2v) is 7.95. The number of hydrogen-bond donors (Lipinski definition) is 2. The molecule has 4 rings (SSSR count). The van der Waals surface area contributed by atoms with Crippen LogP contribution in [-0.4, -0.2) is 49.6 Å². The quantitative estimate of drug-likeness (QED) is 0.855. The van der Waals surface area contributed by atoms with E-state index in [1.807, 2.05) is 12.1 Å². The van der Waals surface area contributed by atoms with Crippen molar-refractivity contribution >= 4 is 5.91 Å². The molecule has 5 heteroatoms. The summed E-state index contributed by atoms with van der Waals surface area (Å²) in [6.07, 6.45) is 4.36. The zero-order valence-electron chi connectivity index (χ0n) is 14.7. The van der Waals surface area contributed by atoms with Crippen LogP contribution in [0, 0.1) is 23.6 Å². The summed E-state index contributed by atoms with van der Waals surface area (Å²) in [4.78, 5) is 15.1. The van der Waals surface area contributed by atoms with Crippen molar-refractivity contribution in [1.29, 1.82) is 0 Å². The third-order valence-electron chi connectivity index (χ3n) is 6.29. The highest BCUT2D eigenvalue weighted by atomic mass is 19.1. The predicted molar refractivity (Wildman–Crippen MR) is 95.7 cm³/mol. The Morgan fingerprint density at radius 2 is 1.88 bits per heavy atom. The van der Waals surface area contributed by atoms with E-state index in [1.54, 1.807) is 0 Å². The lowest BCUT2D eigenvalue weighted by Gasteiger charge is -2.30. The standard InChI is InChI=1S/C20H28FN3O/c21-17-5-1-14(2-6-17)7-9-24-10-8-18(13-24)23-20(25)19-15-3-4-16(19)12-22-11-15/h1-2,5-6,15-16,18-19,22H,3-4,7-13H2,(H,23,25)/t15-,16?,18?,19?/m1/s1. The first kappa shape index (κ1) is 17.0. The van der Waals surface area contributed by atoms with E-state index in [9.17, 15) is 9.18 Å². The van der Waals surface area contributed by atoms with E-state index in [-0.39, 0.29) is 17.8 Å². The van der Waals surface area contributed by atoms with Gasteiger partial charge in [-0.05, 0) is 68.3 Å². The van der Waals surface area contributed by atoms with Crippen LogP contribution in [0.2, 0.25) is 0 Å². The lowest BCUT2D eigenvalue weighted by molar-refractivity contribution is -0.128. The monoisotopic (exact) mass is 345 g/mol. The zero-order chi connectivity index (χ0) is 17.2. The lowest BCUT2D eigenvalue weighted by Crippen LogP contribution is -2.48. The van der Waals surface area contributed by atoms with Crippen LogP contribution in [0.1, 0.15) is 24.8 Å². The third kappa shape index (κ3) is 3.87. The molecule has 0 radical (unpaired) electrons. The Morgan fingerprint density at radius 3 is 2.60 bits per heavy atom. The summed E-state index contributed by atoms with van der Waals surface area (Å²) in [6.45, 7) is 4.95. The summed E-state index contributed by atoms with van der Waals surface area (Å²) in [5, 5.41) is 6.78. The zero-order valence-corrected chi connectivity index (χ0v) is 14.7. The number of benzene rings is 1. The number of piperidine rings is 1. The first-order valence-electron chi connectivity index (χ1n) is 9.67. The number of nitrogens with zero attached hydrogens (tertiary/aromatic N) is 1. The molecule has 3 aliphatic rings. The maximum absolute atomic E-state index is 13.0. The van der Waals surface area contributed by atoms with E-state index in [0.29, 0.717) is 17.7 Å². The van der Waals surface area contributed by atoms with Crippen molar-refractivity contribution in [2.75, 3.05) is 32.7 Å². The van der Waals surface area contributed by atoms with Crippen LogP contribution in [0.4, 0.5) is 4.39 Å². The number of hydrogen-bond acceptors (Lipinski definition) is 3. The summed E-state index contributed by atoms with van der Waals surface area (Å²) < 4.78 is 13.0. The van der Waals surface area contributed by atoms with Gasteiger partial charge >= 0.3 is 0 Å². The van der Waals surface area contributed by atoms with Gasteiger partial charge in [-0.15, -0.1) is 0 Å². The normalized spacial score (nSPS) is 32.0. The molecule has 2 saturated heterocycles. The van der Waals surface area contributed by atoms with E-state index < -0.39 is 0 Å². The van der Waals surface area contributed by atoms with Crippen LogP contribution in [0.3, 0.4) is 0 Å². The summed E-state index contributed by atoms with van der Waals surface area (Å²) in [6, 6.07) is 7.05. The van der Waals surface area contributed by atoms with E-state index >= 15 is 0 Å². The highest BCUT2D eigenvalue weighted by molar-refractivity contribution is 5.80. The average molecular weight is 345 g/mol. The Morgan fingerprint density at radius 1 is 1.16 bits per heavy atom. The fourth-order valence-corrected chi connectivity index (χ4v) is 4.90. The molecule has 3 fully saturated rings. The maximum Gasteiger partial charge on any atom is 0.224 e. The molecule has 4 atom stereocenters. The number of nitrogens with one attached hydrogen (secondary N) is 2. The molecule has 3 unspecified atom stereocenters. The van der Waals surface area contributed by atoms with Gasteiger partial charge in [-0.1, -0.05) is 12.1 Å². The Labute approximate surface area is 149 Å². The fourth-order valence-electron chi connectivity index (χ4n) is 4.90. The smallest absolute Gasteiger partial charge is 0.224 e. The van der Waals surface area contributed by atoms with Gasteiger partial charge in [-0.2, -0.15) is 0 Å². The second-order valence-electron chi connectivity index (χ2n) is 7.95.